The Labute approximate surface area is 201 Å². The highest BCUT2D eigenvalue weighted by molar-refractivity contribution is 7.89. The van der Waals surface area contributed by atoms with Gasteiger partial charge in [0.1, 0.15) is 11.4 Å². The van der Waals surface area contributed by atoms with Crippen LogP contribution < -0.4 is 15.0 Å². The molecular weight excluding hydrogens is 460 g/mol. The summed E-state index contributed by atoms with van der Waals surface area (Å²) in [4.78, 5) is 24.9. The van der Waals surface area contributed by atoms with Gasteiger partial charge in [-0.25, -0.2) is 23.2 Å². The number of sulfonamides is 1. The molecule has 0 bridgehead atoms. The van der Waals surface area contributed by atoms with E-state index in [4.69, 9.17) is 9.47 Å². The molecule has 11 nitrogen and oxygen atoms in total. The highest BCUT2D eigenvalue weighted by Gasteiger charge is 2.43. The number of piperidine rings is 1. The topological polar surface area (TPSA) is 117 Å². The molecule has 4 rings (SSSR count). The molecule has 0 radical (unpaired) electrons. The van der Waals surface area contributed by atoms with Gasteiger partial charge < -0.3 is 24.6 Å². The molecule has 2 saturated heterocycles. The fourth-order valence-corrected chi connectivity index (χ4v) is 5.58. The molecule has 190 valence electrons. The number of ether oxygens (including phenoxy) is 2. The summed E-state index contributed by atoms with van der Waals surface area (Å²) in [7, 11) is -1.48. The van der Waals surface area contributed by atoms with Gasteiger partial charge in [-0.3, -0.25) is 0 Å². The van der Waals surface area contributed by atoms with Crippen LogP contribution in [0.15, 0.2) is 12.4 Å². The van der Waals surface area contributed by atoms with Crippen LogP contribution in [0.3, 0.4) is 0 Å². The number of carbonyl (C=O) groups is 1. The molecule has 12 heteroatoms. The molecule has 1 N–H and O–H groups in total. The maximum Gasteiger partial charge on any atom is 0.410 e. The van der Waals surface area contributed by atoms with Crippen molar-refractivity contribution < 1.29 is 22.7 Å². The van der Waals surface area contributed by atoms with Crippen molar-refractivity contribution in [3.63, 3.8) is 0 Å². The standard InChI is InChI=1S/C22H36N6O5S/c1-22(5-6-22)33-21(29)27-8-3-18(4-9-27)17-32-20-16-24-19(15-25-20)26-10-12-28(13-11-26)34(30,31)14-7-23-2/h15-16,18,23H,3-14,17H2,1-2H3. The Morgan fingerprint density at radius 1 is 1.12 bits per heavy atom. The molecule has 3 fully saturated rings. The number of piperazine rings is 1. The molecule has 1 aromatic heterocycles. The van der Waals surface area contributed by atoms with E-state index in [0.29, 0.717) is 64.2 Å². The average Bonchev–Trinajstić information content (AvgIpc) is 3.58. The van der Waals surface area contributed by atoms with Crippen molar-refractivity contribution >= 4 is 21.9 Å². The molecule has 1 aliphatic carbocycles. The molecule has 34 heavy (non-hydrogen) atoms. The highest BCUT2D eigenvalue weighted by atomic mass is 32.2. The van der Waals surface area contributed by atoms with Gasteiger partial charge in [0.15, 0.2) is 0 Å². The Morgan fingerprint density at radius 2 is 1.82 bits per heavy atom. The second kappa shape index (κ2) is 10.6. The molecular formula is C22H36N6O5S. The van der Waals surface area contributed by atoms with Crippen molar-refractivity contribution in [2.45, 2.75) is 38.2 Å². The van der Waals surface area contributed by atoms with Gasteiger partial charge in [-0.1, -0.05) is 0 Å². The van der Waals surface area contributed by atoms with Crippen molar-refractivity contribution in [2.24, 2.45) is 5.92 Å². The van der Waals surface area contributed by atoms with E-state index in [9.17, 15) is 13.2 Å². The third kappa shape index (κ3) is 6.48. The van der Waals surface area contributed by atoms with E-state index in [0.717, 1.165) is 31.5 Å². The quantitative estimate of drug-likeness (QED) is 0.533. The first-order valence-electron chi connectivity index (χ1n) is 12.1. The lowest BCUT2D eigenvalue weighted by atomic mass is 9.98. The van der Waals surface area contributed by atoms with Crippen LogP contribution in [0.25, 0.3) is 0 Å². The molecule has 0 aromatic carbocycles. The summed E-state index contributed by atoms with van der Waals surface area (Å²) in [6, 6.07) is 0. The Balaban J connectivity index is 1.17. The third-order valence-corrected chi connectivity index (χ3v) is 8.68. The van der Waals surface area contributed by atoms with Gasteiger partial charge in [0.05, 0.1) is 24.8 Å². The second-order valence-electron chi connectivity index (χ2n) is 9.58. The highest BCUT2D eigenvalue weighted by Crippen LogP contribution is 2.39. The van der Waals surface area contributed by atoms with E-state index < -0.39 is 10.0 Å². The minimum atomic E-state index is -3.23. The van der Waals surface area contributed by atoms with Gasteiger partial charge in [-0.2, -0.15) is 4.31 Å². The Bertz CT molecular complexity index is 924. The number of rotatable bonds is 9. The normalized spacial score (nSPS) is 21.4. The fraction of sp³-hybridized carbons (Fsp3) is 0.773. The van der Waals surface area contributed by atoms with Gasteiger partial charge in [0.25, 0.3) is 0 Å². The molecule has 3 heterocycles. The molecule has 3 aliphatic rings. The van der Waals surface area contributed by atoms with Crippen LogP contribution in [-0.2, 0) is 14.8 Å². The lowest BCUT2D eigenvalue weighted by molar-refractivity contribution is 0.0454. The molecule has 1 saturated carbocycles. The second-order valence-corrected chi connectivity index (χ2v) is 11.7. The summed E-state index contributed by atoms with van der Waals surface area (Å²) in [6.07, 6.45) is 6.76. The van der Waals surface area contributed by atoms with Crippen molar-refractivity contribution in [3.8, 4) is 5.88 Å². The lowest BCUT2D eigenvalue weighted by Gasteiger charge is -2.34. The van der Waals surface area contributed by atoms with Crippen molar-refractivity contribution in [1.82, 2.24) is 24.5 Å². The smallest absolute Gasteiger partial charge is 0.410 e. The summed E-state index contributed by atoms with van der Waals surface area (Å²) in [5, 5.41) is 2.88. The zero-order valence-corrected chi connectivity index (χ0v) is 20.9. The Kier molecular flexibility index (Phi) is 7.78. The van der Waals surface area contributed by atoms with Crippen LogP contribution in [0, 0.1) is 5.92 Å². The van der Waals surface area contributed by atoms with Gasteiger partial charge in [0, 0.05) is 45.8 Å². The number of hydrogen-bond donors (Lipinski definition) is 1. The summed E-state index contributed by atoms with van der Waals surface area (Å²) in [6.45, 7) is 6.37. The van der Waals surface area contributed by atoms with E-state index >= 15 is 0 Å². The zero-order valence-electron chi connectivity index (χ0n) is 20.1. The first-order valence-corrected chi connectivity index (χ1v) is 13.7. The summed E-state index contributed by atoms with van der Waals surface area (Å²) in [5.74, 6) is 1.66. The third-order valence-electron chi connectivity index (χ3n) is 6.81. The minimum Gasteiger partial charge on any atom is -0.476 e. The number of hydrogen-bond acceptors (Lipinski definition) is 9. The van der Waals surface area contributed by atoms with Crippen LogP contribution in [0.5, 0.6) is 5.88 Å². The van der Waals surface area contributed by atoms with E-state index in [-0.39, 0.29) is 17.4 Å². The summed E-state index contributed by atoms with van der Waals surface area (Å²) >= 11 is 0. The number of nitrogens with one attached hydrogen (secondary N) is 1. The van der Waals surface area contributed by atoms with E-state index in [1.165, 1.54) is 0 Å². The Morgan fingerprint density at radius 3 is 2.41 bits per heavy atom. The number of anilines is 1. The van der Waals surface area contributed by atoms with Crippen LogP contribution in [0.4, 0.5) is 10.6 Å². The summed E-state index contributed by atoms with van der Waals surface area (Å²) < 4.78 is 37.6. The number of amides is 1. The maximum absolute atomic E-state index is 12.3. The first-order chi connectivity index (χ1) is 16.3. The number of likely N-dealkylation sites (tertiary alicyclic amines) is 1. The molecule has 0 unspecified atom stereocenters. The molecule has 0 spiro atoms. The van der Waals surface area contributed by atoms with Crippen molar-refractivity contribution in [3.05, 3.63) is 12.4 Å². The number of nitrogens with zero attached hydrogens (tertiary/aromatic N) is 5. The SMILES string of the molecule is CNCCS(=O)(=O)N1CCN(c2cnc(OCC3CCN(C(=O)OC4(C)CC4)CC3)cn2)CC1. The van der Waals surface area contributed by atoms with E-state index in [1.807, 2.05) is 11.8 Å². The largest absolute Gasteiger partial charge is 0.476 e. The summed E-state index contributed by atoms with van der Waals surface area (Å²) in [5.41, 5.74) is -0.237. The molecule has 1 aromatic rings. The van der Waals surface area contributed by atoms with Crippen molar-refractivity contribution in [2.75, 3.05) is 70.1 Å². The first kappa shape index (κ1) is 24.9. The molecule has 2 aliphatic heterocycles. The van der Waals surface area contributed by atoms with Crippen LogP contribution >= 0.6 is 0 Å². The van der Waals surface area contributed by atoms with Gasteiger partial charge >= 0.3 is 6.09 Å². The van der Waals surface area contributed by atoms with E-state index in [2.05, 4.69) is 15.3 Å². The lowest BCUT2D eigenvalue weighted by Crippen LogP contribution is -2.50. The average molecular weight is 497 g/mol. The predicted molar refractivity (Wildman–Crippen MR) is 127 cm³/mol. The number of aromatic nitrogens is 2. The predicted octanol–water partition coefficient (Wildman–Crippen LogP) is 0.928. The van der Waals surface area contributed by atoms with E-state index in [1.54, 1.807) is 28.6 Å². The monoisotopic (exact) mass is 496 g/mol. The maximum atomic E-state index is 12.3. The molecule has 1 amide bonds. The fourth-order valence-electron chi connectivity index (χ4n) is 4.14. The number of carbonyl (C=O) groups excluding carboxylic acids is 1. The molecule has 0 atom stereocenters. The van der Waals surface area contributed by atoms with Gasteiger partial charge in [-0.15, -0.1) is 0 Å². The Hall–Kier alpha value is -2.18. The van der Waals surface area contributed by atoms with Gasteiger partial charge in [-0.05, 0) is 45.6 Å². The minimum absolute atomic E-state index is 0.109. The zero-order chi connectivity index (χ0) is 24.2. The van der Waals surface area contributed by atoms with Crippen molar-refractivity contribution in [1.29, 1.82) is 0 Å². The van der Waals surface area contributed by atoms with Crippen LogP contribution in [-0.4, -0.2) is 105 Å². The van der Waals surface area contributed by atoms with Crippen LogP contribution in [0.2, 0.25) is 0 Å². The van der Waals surface area contributed by atoms with Crippen LogP contribution in [0.1, 0.15) is 32.6 Å². The van der Waals surface area contributed by atoms with Gasteiger partial charge in [0.2, 0.25) is 15.9 Å².